The maximum Gasteiger partial charge on any atom is 0.260 e. The van der Waals surface area contributed by atoms with Crippen LogP contribution < -0.4 is 9.64 Å². The van der Waals surface area contributed by atoms with E-state index >= 15 is 0 Å². The minimum absolute atomic E-state index is 0.0182. The van der Waals surface area contributed by atoms with Gasteiger partial charge in [-0.1, -0.05) is 23.7 Å². The highest BCUT2D eigenvalue weighted by atomic mass is 35.5. The number of benzene rings is 1. The largest absolute Gasteiger partial charge is 0.483 e. The van der Waals surface area contributed by atoms with E-state index in [0.717, 1.165) is 35.8 Å². The third-order valence-corrected chi connectivity index (χ3v) is 4.59. The quantitative estimate of drug-likeness (QED) is 0.841. The van der Waals surface area contributed by atoms with Gasteiger partial charge in [0.05, 0.1) is 5.02 Å². The van der Waals surface area contributed by atoms with Crippen molar-refractivity contribution in [3.05, 3.63) is 52.7 Å². The van der Waals surface area contributed by atoms with Gasteiger partial charge in [0.2, 0.25) is 0 Å². The van der Waals surface area contributed by atoms with Gasteiger partial charge in [0, 0.05) is 32.4 Å². The Kier molecular flexibility index (Phi) is 5.43. The summed E-state index contributed by atoms with van der Waals surface area (Å²) in [7, 11) is 0. The number of piperazine rings is 1. The number of aromatic nitrogens is 1. The van der Waals surface area contributed by atoms with Crippen LogP contribution in [0.3, 0.4) is 0 Å². The highest BCUT2D eigenvalue weighted by Crippen LogP contribution is 2.20. The van der Waals surface area contributed by atoms with E-state index in [0.29, 0.717) is 18.1 Å². The van der Waals surface area contributed by atoms with Gasteiger partial charge in [0.1, 0.15) is 11.6 Å². The van der Waals surface area contributed by atoms with E-state index in [1.807, 2.05) is 49.1 Å². The second kappa shape index (κ2) is 7.74. The first-order valence-corrected chi connectivity index (χ1v) is 8.75. The van der Waals surface area contributed by atoms with E-state index in [1.165, 1.54) is 0 Å². The standard InChI is InChI=1S/C19H22ClN3O2/c1-14-3-4-15(2)17(11-14)25-13-19(24)23-9-7-22(8-10-23)18-6-5-16(20)12-21-18/h3-6,11-12H,7-10,13H2,1-2H3. The molecule has 3 rings (SSSR count). The zero-order valence-corrected chi connectivity index (χ0v) is 15.3. The lowest BCUT2D eigenvalue weighted by Crippen LogP contribution is -2.50. The highest BCUT2D eigenvalue weighted by molar-refractivity contribution is 6.30. The number of anilines is 1. The predicted molar refractivity (Wildman–Crippen MR) is 99.5 cm³/mol. The van der Waals surface area contributed by atoms with Crippen LogP contribution in [-0.4, -0.2) is 48.6 Å². The van der Waals surface area contributed by atoms with Gasteiger partial charge in [-0.25, -0.2) is 4.98 Å². The Hall–Kier alpha value is -2.27. The fourth-order valence-corrected chi connectivity index (χ4v) is 2.95. The molecule has 0 saturated carbocycles. The van der Waals surface area contributed by atoms with Gasteiger partial charge in [-0.15, -0.1) is 0 Å². The van der Waals surface area contributed by atoms with Crippen LogP contribution in [0.15, 0.2) is 36.5 Å². The molecule has 0 bridgehead atoms. The lowest BCUT2D eigenvalue weighted by atomic mass is 10.1. The zero-order valence-electron chi connectivity index (χ0n) is 14.5. The van der Waals surface area contributed by atoms with Gasteiger partial charge in [0.15, 0.2) is 6.61 Å². The summed E-state index contributed by atoms with van der Waals surface area (Å²) in [5.41, 5.74) is 2.16. The Labute approximate surface area is 153 Å². The molecule has 0 spiro atoms. The van der Waals surface area contributed by atoms with Crippen LogP contribution in [0, 0.1) is 13.8 Å². The van der Waals surface area contributed by atoms with Gasteiger partial charge >= 0.3 is 0 Å². The lowest BCUT2D eigenvalue weighted by molar-refractivity contribution is -0.133. The molecule has 0 radical (unpaired) electrons. The molecule has 1 fully saturated rings. The Morgan fingerprint density at radius 3 is 2.60 bits per heavy atom. The van der Waals surface area contributed by atoms with Crippen molar-refractivity contribution < 1.29 is 9.53 Å². The molecule has 1 aliphatic rings. The SMILES string of the molecule is Cc1ccc(C)c(OCC(=O)N2CCN(c3ccc(Cl)cn3)CC2)c1. The summed E-state index contributed by atoms with van der Waals surface area (Å²) in [5, 5.41) is 0.626. The topological polar surface area (TPSA) is 45.7 Å². The molecule has 0 N–H and O–H groups in total. The predicted octanol–water partition coefficient (Wildman–Crippen LogP) is 3.08. The summed E-state index contributed by atoms with van der Waals surface area (Å²) >= 11 is 5.87. The molecule has 0 unspecified atom stereocenters. The summed E-state index contributed by atoms with van der Waals surface area (Å²) in [6.07, 6.45) is 1.65. The van der Waals surface area contributed by atoms with Crippen molar-refractivity contribution in [2.45, 2.75) is 13.8 Å². The monoisotopic (exact) mass is 359 g/mol. The summed E-state index contributed by atoms with van der Waals surface area (Å²) in [6.45, 7) is 6.91. The van der Waals surface area contributed by atoms with Gasteiger partial charge in [-0.2, -0.15) is 0 Å². The van der Waals surface area contributed by atoms with Gasteiger partial charge in [0.25, 0.3) is 5.91 Å². The highest BCUT2D eigenvalue weighted by Gasteiger charge is 2.22. The number of carbonyl (C=O) groups excluding carboxylic acids is 1. The Bertz CT molecular complexity index is 741. The number of ether oxygens (including phenoxy) is 1. The van der Waals surface area contributed by atoms with Crippen molar-refractivity contribution in [3.63, 3.8) is 0 Å². The first-order chi connectivity index (χ1) is 12.0. The zero-order chi connectivity index (χ0) is 17.8. The van der Waals surface area contributed by atoms with E-state index in [4.69, 9.17) is 16.3 Å². The summed E-state index contributed by atoms with van der Waals surface area (Å²) in [5.74, 6) is 1.69. The average Bonchev–Trinajstić information content (AvgIpc) is 2.63. The smallest absolute Gasteiger partial charge is 0.260 e. The van der Waals surface area contributed by atoms with E-state index < -0.39 is 0 Å². The van der Waals surface area contributed by atoms with Crippen molar-refractivity contribution >= 4 is 23.3 Å². The number of rotatable bonds is 4. The third-order valence-electron chi connectivity index (χ3n) is 4.36. The minimum Gasteiger partial charge on any atom is -0.483 e. The molecule has 6 heteroatoms. The Balaban J connectivity index is 1.51. The molecule has 5 nitrogen and oxygen atoms in total. The number of pyridine rings is 1. The van der Waals surface area contributed by atoms with Crippen LogP contribution in [0.4, 0.5) is 5.82 Å². The molecule has 2 aromatic rings. The molecule has 1 aromatic carbocycles. The van der Waals surface area contributed by atoms with Gasteiger partial charge in [-0.05, 0) is 43.2 Å². The molecule has 0 atom stereocenters. The summed E-state index contributed by atoms with van der Waals surface area (Å²) in [6, 6.07) is 9.75. The molecule has 0 aliphatic carbocycles. The Morgan fingerprint density at radius 2 is 1.92 bits per heavy atom. The Morgan fingerprint density at radius 1 is 1.16 bits per heavy atom. The van der Waals surface area contributed by atoms with Crippen molar-refractivity contribution in [2.24, 2.45) is 0 Å². The molecule has 1 amide bonds. The molecule has 25 heavy (non-hydrogen) atoms. The summed E-state index contributed by atoms with van der Waals surface area (Å²) in [4.78, 5) is 20.7. The fourth-order valence-electron chi connectivity index (χ4n) is 2.83. The fraction of sp³-hybridized carbons (Fsp3) is 0.368. The van der Waals surface area contributed by atoms with Crippen LogP contribution in [0.25, 0.3) is 0 Å². The molecule has 1 aromatic heterocycles. The maximum absolute atomic E-state index is 12.4. The van der Waals surface area contributed by atoms with Crippen molar-refractivity contribution in [1.29, 1.82) is 0 Å². The summed E-state index contributed by atoms with van der Waals surface area (Å²) < 4.78 is 5.73. The van der Waals surface area contributed by atoms with Crippen molar-refractivity contribution in [2.75, 3.05) is 37.7 Å². The second-order valence-corrected chi connectivity index (χ2v) is 6.70. The van der Waals surface area contributed by atoms with Crippen LogP contribution in [0.2, 0.25) is 5.02 Å². The van der Waals surface area contributed by atoms with E-state index in [2.05, 4.69) is 9.88 Å². The first-order valence-electron chi connectivity index (χ1n) is 8.37. The normalized spacial score (nSPS) is 14.5. The maximum atomic E-state index is 12.4. The number of amides is 1. The number of aryl methyl sites for hydroxylation is 2. The second-order valence-electron chi connectivity index (χ2n) is 6.26. The third kappa shape index (κ3) is 4.42. The van der Waals surface area contributed by atoms with E-state index in [1.54, 1.807) is 6.20 Å². The molecule has 1 aliphatic heterocycles. The molecular weight excluding hydrogens is 338 g/mol. The van der Waals surface area contributed by atoms with E-state index in [-0.39, 0.29) is 12.5 Å². The molecule has 2 heterocycles. The van der Waals surface area contributed by atoms with Crippen molar-refractivity contribution in [3.8, 4) is 5.75 Å². The van der Waals surface area contributed by atoms with Crippen LogP contribution in [0.1, 0.15) is 11.1 Å². The number of hydrogen-bond acceptors (Lipinski definition) is 4. The number of carbonyl (C=O) groups is 1. The molecule has 1 saturated heterocycles. The van der Waals surface area contributed by atoms with Crippen LogP contribution in [-0.2, 0) is 4.79 Å². The number of hydrogen-bond donors (Lipinski definition) is 0. The molecule has 132 valence electrons. The average molecular weight is 360 g/mol. The van der Waals surface area contributed by atoms with Crippen LogP contribution >= 0.6 is 11.6 Å². The van der Waals surface area contributed by atoms with Crippen molar-refractivity contribution in [1.82, 2.24) is 9.88 Å². The number of nitrogens with zero attached hydrogens (tertiary/aromatic N) is 3. The van der Waals surface area contributed by atoms with Gasteiger partial charge < -0.3 is 14.5 Å². The first kappa shape index (κ1) is 17.5. The number of halogens is 1. The lowest BCUT2D eigenvalue weighted by Gasteiger charge is -2.35. The minimum atomic E-state index is 0.0182. The molecular formula is C19H22ClN3O2. The van der Waals surface area contributed by atoms with Gasteiger partial charge in [-0.3, -0.25) is 4.79 Å². The van der Waals surface area contributed by atoms with Crippen LogP contribution in [0.5, 0.6) is 5.75 Å². The van der Waals surface area contributed by atoms with E-state index in [9.17, 15) is 4.79 Å².